The highest BCUT2D eigenvalue weighted by Gasteiger charge is 2.03. The number of nitrogens with two attached hydrogens (primary N) is 1. The average Bonchev–Trinajstić information content (AvgIpc) is 2.89. The van der Waals surface area contributed by atoms with E-state index in [1.165, 1.54) is 11.8 Å². The molecule has 8 nitrogen and oxygen atoms in total. The highest BCUT2D eigenvalue weighted by molar-refractivity contribution is 7.99. The molecule has 0 aliphatic rings. The van der Waals surface area contributed by atoms with Crippen LogP contribution in [0.25, 0.3) is 0 Å². The smallest absolute Gasteiger partial charge is 0.209 e. The van der Waals surface area contributed by atoms with Gasteiger partial charge in [-0.1, -0.05) is 16.9 Å². The number of rotatable bonds is 6. The van der Waals surface area contributed by atoms with Crippen LogP contribution in [-0.2, 0) is 7.05 Å². The second kappa shape index (κ2) is 6.75. The van der Waals surface area contributed by atoms with Crippen LogP contribution in [0, 0.1) is 0 Å². The number of aromatic nitrogens is 4. The summed E-state index contributed by atoms with van der Waals surface area (Å²) in [5.41, 5.74) is 6.11. The van der Waals surface area contributed by atoms with Crippen molar-refractivity contribution < 1.29 is 9.94 Å². The number of nitrogens with zero attached hydrogens (tertiary/aromatic N) is 5. The van der Waals surface area contributed by atoms with Gasteiger partial charge in [0.2, 0.25) is 5.16 Å². The van der Waals surface area contributed by atoms with Crippen LogP contribution in [0.3, 0.4) is 0 Å². The van der Waals surface area contributed by atoms with Crippen molar-refractivity contribution in [2.24, 2.45) is 17.9 Å². The van der Waals surface area contributed by atoms with E-state index in [1.54, 1.807) is 36.0 Å². The van der Waals surface area contributed by atoms with Crippen LogP contribution in [-0.4, -0.2) is 43.6 Å². The van der Waals surface area contributed by atoms with Crippen molar-refractivity contribution in [1.82, 2.24) is 20.2 Å². The van der Waals surface area contributed by atoms with E-state index in [0.717, 1.165) is 16.7 Å². The maximum Gasteiger partial charge on any atom is 0.209 e. The van der Waals surface area contributed by atoms with Crippen molar-refractivity contribution in [1.29, 1.82) is 0 Å². The van der Waals surface area contributed by atoms with E-state index in [4.69, 9.17) is 15.7 Å². The Morgan fingerprint density at radius 1 is 1.45 bits per heavy atom. The first-order valence-electron chi connectivity index (χ1n) is 5.76. The molecule has 20 heavy (non-hydrogen) atoms. The van der Waals surface area contributed by atoms with Gasteiger partial charge in [0, 0.05) is 18.4 Å². The lowest BCUT2D eigenvalue weighted by molar-refractivity contribution is 0.318. The molecule has 106 valence electrons. The van der Waals surface area contributed by atoms with Crippen molar-refractivity contribution in [2.45, 2.75) is 5.16 Å². The van der Waals surface area contributed by atoms with E-state index >= 15 is 0 Å². The monoisotopic (exact) mass is 294 g/mol. The molecule has 0 spiro atoms. The lowest BCUT2D eigenvalue weighted by Gasteiger charge is -2.06. The van der Waals surface area contributed by atoms with Gasteiger partial charge in [-0.3, -0.25) is 0 Å². The minimum absolute atomic E-state index is 0.0712. The van der Waals surface area contributed by atoms with Crippen LogP contribution in [0.4, 0.5) is 0 Å². The Morgan fingerprint density at radius 3 is 2.80 bits per heavy atom. The molecule has 1 aromatic heterocycles. The van der Waals surface area contributed by atoms with Crippen LogP contribution < -0.4 is 10.5 Å². The molecule has 0 bridgehead atoms. The minimum atomic E-state index is 0.0712. The number of oxime groups is 1. The van der Waals surface area contributed by atoms with Gasteiger partial charge < -0.3 is 15.7 Å². The Hall–Kier alpha value is -2.29. The summed E-state index contributed by atoms with van der Waals surface area (Å²) in [7, 11) is 1.79. The number of amidine groups is 1. The summed E-state index contributed by atoms with van der Waals surface area (Å²) in [6.07, 6.45) is 0. The Labute approximate surface area is 119 Å². The maximum absolute atomic E-state index is 8.55. The van der Waals surface area contributed by atoms with Crippen LogP contribution in [0.5, 0.6) is 5.75 Å². The van der Waals surface area contributed by atoms with E-state index in [2.05, 4.69) is 20.7 Å². The number of aryl methyl sites for hydroxylation is 1. The second-order valence-corrected chi connectivity index (χ2v) is 4.85. The van der Waals surface area contributed by atoms with E-state index in [1.807, 2.05) is 0 Å². The van der Waals surface area contributed by atoms with E-state index < -0.39 is 0 Å². The largest absolute Gasteiger partial charge is 0.493 e. The predicted molar refractivity (Wildman–Crippen MR) is 74.0 cm³/mol. The summed E-state index contributed by atoms with van der Waals surface area (Å²) in [6.45, 7) is 0.528. The van der Waals surface area contributed by atoms with Crippen molar-refractivity contribution in [3.8, 4) is 5.75 Å². The molecule has 9 heteroatoms. The first-order chi connectivity index (χ1) is 9.70. The molecule has 0 atom stereocenters. The van der Waals surface area contributed by atoms with E-state index in [0.29, 0.717) is 12.2 Å². The van der Waals surface area contributed by atoms with Crippen LogP contribution in [0.2, 0.25) is 0 Å². The molecule has 2 aromatic rings. The van der Waals surface area contributed by atoms with Crippen LogP contribution in [0.1, 0.15) is 5.56 Å². The van der Waals surface area contributed by atoms with Gasteiger partial charge in [-0.15, -0.1) is 5.10 Å². The SMILES string of the molecule is Cn1nnnc1SCCOc1ccc(/C(N)=N/O)cc1. The number of thioether (sulfide) groups is 1. The number of ether oxygens (including phenoxy) is 1. The number of hydrogen-bond acceptors (Lipinski definition) is 7. The number of benzene rings is 1. The highest BCUT2D eigenvalue weighted by atomic mass is 32.2. The summed E-state index contributed by atoms with van der Waals surface area (Å²) in [5, 5.41) is 23.4. The lowest BCUT2D eigenvalue weighted by Crippen LogP contribution is -2.12. The summed E-state index contributed by atoms with van der Waals surface area (Å²) in [6, 6.07) is 6.98. The molecule has 0 aliphatic heterocycles. The fourth-order valence-electron chi connectivity index (χ4n) is 1.42. The quantitative estimate of drug-likeness (QED) is 0.199. The molecule has 0 fully saturated rings. The molecule has 0 saturated heterocycles. The second-order valence-electron chi connectivity index (χ2n) is 3.79. The van der Waals surface area contributed by atoms with Crippen molar-refractivity contribution in [2.75, 3.05) is 12.4 Å². The van der Waals surface area contributed by atoms with Crippen LogP contribution in [0.15, 0.2) is 34.6 Å². The Bertz CT molecular complexity index is 583. The van der Waals surface area contributed by atoms with Gasteiger partial charge in [0.05, 0.1) is 6.61 Å². The number of hydrogen-bond donors (Lipinski definition) is 2. The zero-order valence-electron chi connectivity index (χ0n) is 10.8. The Balaban J connectivity index is 1.78. The van der Waals surface area contributed by atoms with Gasteiger partial charge in [-0.05, 0) is 34.7 Å². The normalized spacial score (nSPS) is 11.6. The first-order valence-corrected chi connectivity index (χ1v) is 6.75. The third kappa shape index (κ3) is 3.60. The molecule has 0 saturated carbocycles. The summed E-state index contributed by atoms with van der Waals surface area (Å²) in [5.74, 6) is 1.52. The van der Waals surface area contributed by atoms with Crippen molar-refractivity contribution in [3.63, 3.8) is 0 Å². The van der Waals surface area contributed by atoms with Crippen molar-refractivity contribution >= 4 is 17.6 Å². The topological polar surface area (TPSA) is 111 Å². The van der Waals surface area contributed by atoms with Crippen molar-refractivity contribution in [3.05, 3.63) is 29.8 Å². The van der Waals surface area contributed by atoms with Gasteiger partial charge in [0.25, 0.3) is 0 Å². The lowest BCUT2D eigenvalue weighted by atomic mass is 10.2. The Kier molecular flexibility index (Phi) is 4.77. The molecule has 0 amide bonds. The summed E-state index contributed by atoms with van der Waals surface area (Å²) >= 11 is 1.51. The molecule has 1 aromatic carbocycles. The van der Waals surface area contributed by atoms with Crippen LogP contribution >= 0.6 is 11.8 Å². The molecule has 0 aliphatic carbocycles. The molecule has 1 heterocycles. The summed E-state index contributed by atoms with van der Waals surface area (Å²) in [4.78, 5) is 0. The third-order valence-electron chi connectivity index (χ3n) is 2.42. The molecular weight excluding hydrogens is 280 g/mol. The minimum Gasteiger partial charge on any atom is -0.493 e. The van der Waals surface area contributed by atoms with Gasteiger partial charge in [-0.2, -0.15) is 0 Å². The molecule has 2 rings (SSSR count). The standard InChI is InChI=1S/C11H14N6O2S/c1-17-11(13-15-16-17)20-7-6-19-9-4-2-8(3-5-9)10(12)14-18/h2-5,18H,6-7H2,1H3,(H2,12,14). The fraction of sp³-hybridized carbons (Fsp3) is 0.273. The average molecular weight is 294 g/mol. The van der Waals surface area contributed by atoms with Gasteiger partial charge in [0.15, 0.2) is 5.84 Å². The molecule has 0 radical (unpaired) electrons. The van der Waals surface area contributed by atoms with E-state index in [9.17, 15) is 0 Å². The zero-order valence-corrected chi connectivity index (χ0v) is 11.6. The summed E-state index contributed by atoms with van der Waals surface area (Å²) < 4.78 is 7.18. The van der Waals surface area contributed by atoms with Gasteiger partial charge in [0.1, 0.15) is 5.75 Å². The maximum atomic E-state index is 8.55. The molecule has 3 N–H and O–H groups in total. The highest BCUT2D eigenvalue weighted by Crippen LogP contribution is 2.15. The number of tetrazole rings is 1. The van der Waals surface area contributed by atoms with E-state index in [-0.39, 0.29) is 5.84 Å². The predicted octanol–water partition coefficient (Wildman–Crippen LogP) is 0.476. The Morgan fingerprint density at radius 2 is 2.20 bits per heavy atom. The molecular formula is C11H14N6O2S. The van der Waals surface area contributed by atoms with Gasteiger partial charge in [-0.25, -0.2) is 4.68 Å². The molecule has 0 unspecified atom stereocenters. The third-order valence-corrected chi connectivity index (χ3v) is 3.40. The fourth-order valence-corrected chi connectivity index (χ4v) is 2.08. The first kappa shape index (κ1) is 14.1. The zero-order chi connectivity index (χ0) is 14.4. The van der Waals surface area contributed by atoms with Gasteiger partial charge >= 0.3 is 0 Å².